The Kier molecular flexibility index (Phi) is 3.65. The molecule has 0 saturated carbocycles. The number of nitrogens with one attached hydrogen (secondary N) is 1. The molecule has 21 heavy (non-hydrogen) atoms. The first-order valence-electron chi connectivity index (χ1n) is 6.01. The smallest absolute Gasteiger partial charge is 0.341 e. The van der Waals surface area contributed by atoms with Crippen molar-refractivity contribution in [2.24, 2.45) is 0 Å². The van der Waals surface area contributed by atoms with Crippen molar-refractivity contribution in [3.63, 3.8) is 0 Å². The second kappa shape index (κ2) is 4.91. The van der Waals surface area contributed by atoms with Crippen LogP contribution < -0.4 is 10.2 Å². The summed E-state index contributed by atoms with van der Waals surface area (Å²) in [5.41, 5.74) is -2.21. The van der Waals surface area contributed by atoms with Gasteiger partial charge < -0.3 is 10.2 Å². The molecule has 1 aromatic carbocycles. The van der Waals surface area contributed by atoms with E-state index >= 15 is 0 Å². The first kappa shape index (κ1) is 15.6. The molecule has 0 bridgehead atoms. The van der Waals surface area contributed by atoms with Crippen molar-refractivity contribution < 1.29 is 22.8 Å². The van der Waals surface area contributed by atoms with Gasteiger partial charge in [0.1, 0.15) is 12.1 Å². The van der Waals surface area contributed by atoms with E-state index in [0.29, 0.717) is 0 Å². The highest BCUT2D eigenvalue weighted by atomic mass is 35.5. The number of rotatable bonds is 1. The molecule has 1 N–H and O–H groups in total. The fourth-order valence-electron chi connectivity index (χ4n) is 2.10. The molecule has 1 fully saturated rings. The summed E-state index contributed by atoms with van der Waals surface area (Å²) in [5.74, 6) is -0.953. The summed E-state index contributed by atoms with van der Waals surface area (Å²) in [6, 6.07) is 2.80. The lowest BCUT2D eigenvalue weighted by Crippen LogP contribution is -2.64. The Morgan fingerprint density at radius 3 is 2.43 bits per heavy atom. The fraction of sp³-hybridized carbons (Fsp3) is 0.385. The van der Waals surface area contributed by atoms with Gasteiger partial charge in [-0.15, -0.1) is 0 Å². The number of nitrogens with zero attached hydrogens (tertiary/aromatic N) is 1. The van der Waals surface area contributed by atoms with Gasteiger partial charge in [-0.1, -0.05) is 11.6 Å². The minimum absolute atomic E-state index is 0.0530. The molecule has 1 aromatic rings. The van der Waals surface area contributed by atoms with E-state index in [1.807, 2.05) is 0 Å². The molecule has 1 aliphatic heterocycles. The van der Waals surface area contributed by atoms with Gasteiger partial charge in [0.2, 0.25) is 5.91 Å². The maximum absolute atomic E-state index is 12.8. The lowest BCUT2D eigenvalue weighted by molar-refractivity contribution is -0.137. The number of piperazine rings is 1. The second-order valence-corrected chi connectivity index (χ2v) is 5.70. The summed E-state index contributed by atoms with van der Waals surface area (Å²) in [6.07, 6.45) is -4.59. The summed E-state index contributed by atoms with van der Waals surface area (Å²) in [5, 5.41) is 2.32. The molecule has 1 heterocycles. The van der Waals surface area contributed by atoms with Gasteiger partial charge in [-0.2, -0.15) is 13.2 Å². The number of carbonyl (C=O) groups is 2. The summed E-state index contributed by atoms with van der Waals surface area (Å²) in [6.45, 7) is 2.61. The number of amides is 2. The Labute approximate surface area is 123 Å². The van der Waals surface area contributed by atoms with Gasteiger partial charge in [0.05, 0.1) is 5.56 Å². The van der Waals surface area contributed by atoms with Crippen LogP contribution in [0.5, 0.6) is 0 Å². The van der Waals surface area contributed by atoms with Crippen LogP contribution in [0.2, 0.25) is 5.02 Å². The van der Waals surface area contributed by atoms with Crippen LogP contribution in [0.4, 0.5) is 18.9 Å². The third-order valence-corrected chi connectivity index (χ3v) is 3.27. The van der Waals surface area contributed by atoms with Crippen LogP contribution in [-0.4, -0.2) is 23.9 Å². The topological polar surface area (TPSA) is 49.4 Å². The number of carbonyl (C=O) groups excluding carboxylic acids is 2. The van der Waals surface area contributed by atoms with Crippen LogP contribution in [0.1, 0.15) is 19.4 Å². The first-order chi connectivity index (χ1) is 9.50. The van der Waals surface area contributed by atoms with Crippen molar-refractivity contribution in [1.29, 1.82) is 0 Å². The van der Waals surface area contributed by atoms with Crippen LogP contribution >= 0.6 is 11.6 Å². The third kappa shape index (κ3) is 3.12. The van der Waals surface area contributed by atoms with E-state index in [9.17, 15) is 22.8 Å². The van der Waals surface area contributed by atoms with E-state index in [4.69, 9.17) is 11.6 Å². The van der Waals surface area contributed by atoms with Crippen molar-refractivity contribution in [3.05, 3.63) is 28.8 Å². The van der Waals surface area contributed by atoms with Gasteiger partial charge in [-0.25, -0.2) is 0 Å². The van der Waals surface area contributed by atoms with Crippen LogP contribution in [0.25, 0.3) is 0 Å². The highest BCUT2D eigenvalue weighted by Gasteiger charge is 2.40. The fourth-order valence-corrected chi connectivity index (χ4v) is 2.33. The standard InChI is InChI=1S/C13H12ClF3N2O2/c1-12(2)11(21)19(6-10(20)18-12)9-4-7(13(15,16)17)3-8(14)5-9/h3-5H,6H2,1-2H3,(H,18,20). The van der Waals surface area contributed by atoms with Crippen molar-refractivity contribution in [1.82, 2.24) is 5.32 Å². The van der Waals surface area contributed by atoms with E-state index in [1.165, 1.54) is 19.9 Å². The molecule has 0 spiro atoms. The Hall–Kier alpha value is -1.76. The van der Waals surface area contributed by atoms with E-state index in [-0.39, 0.29) is 17.3 Å². The van der Waals surface area contributed by atoms with Gasteiger partial charge in [-0.3, -0.25) is 9.59 Å². The number of anilines is 1. The maximum Gasteiger partial charge on any atom is 0.416 e. The zero-order chi connectivity index (χ0) is 16.0. The van der Waals surface area contributed by atoms with Crippen LogP contribution in [0.15, 0.2) is 18.2 Å². The number of benzene rings is 1. The van der Waals surface area contributed by atoms with Crippen molar-refractivity contribution in [2.45, 2.75) is 25.6 Å². The molecule has 2 rings (SSSR count). The van der Waals surface area contributed by atoms with Gasteiger partial charge in [-0.05, 0) is 32.0 Å². The van der Waals surface area contributed by atoms with E-state index in [1.54, 1.807) is 0 Å². The molecule has 4 nitrogen and oxygen atoms in total. The monoisotopic (exact) mass is 320 g/mol. The molecule has 0 atom stereocenters. The zero-order valence-electron chi connectivity index (χ0n) is 11.2. The quantitative estimate of drug-likeness (QED) is 0.864. The maximum atomic E-state index is 12.8. The summed E-state index contributed by atoms with van der Waals surface area (Å²) in [7, 11) is 0. The van der Waals surface area contributed by atoms with Crippen LogP contribution in [0.3, 0.4) is 0 Å². The highest BCUT2D eigenvalue weighted by molar-refractivity contribution is 6.31. The molecule has 8 heteroatoms. The van der Waals surface area contributed by atoms with Gasteiger partial charge in [0, 0.05) is 10.7 Å². The number of hydrogen-bond donors (Lipinski definition) is 1. The average Bonchev–Trinajstić information content (AvgIpc) is 2.31. The Morgan fingerprint density at radius 2 is 1.86 bits per heavy atom. The van der Waals surface area contributed by atoms with Crippen molar-refractivity contribution in [2.75, 3.05) is 11.4 Å². The van der Waals surface area contributed by atoms with Crippen molar-refractivity contribution >= 4 is 29.1 Å². The summed E-state index contributed by atoms with van der Waals surface area (Å²) < 4.78 is 38.4. The molecular formula is C13H12ClF3N2O2. The molecule has 0 aliphatic carbocycles. The summed E-state index contributed by atoms with van der Waals surface area (Å²) >= 11 is 5.69. The van der Waals surface area contributed by atoms with Gasteiger partial charge >= 0.3 is 6.18 Å². The van der Waals surface area contributed by atoms with Gasteiger partial charge in [0.25, 0.3) is 5.91 Å². The SMILES string of the molecule is CC1(C)NC(=O)CN(c2cc(Cl)cc(C(F)(F)F)c2)C1=O. The van der Waals surface area contributed by atoms with E-state index in [0.717, 1.165) is 17.0 Å². The zero-order valence-corrected chi connectivity index (χ0v) is 12.0. The number of halogens is 4. The predicted octanol–water partition coefficient (Wildman–Crippen LogP) is 2.60. The predicted molar refractivity (Wildman–Crippen MR) is 71.0 cm³/mol. The molecule has 2 amide bonds. The normalized spacial score (nSPS) is 18.7. The van der Waals surface area contributed by atoms with Crippen LogP contribution in [0, 0.1) is 0 Å². The lowest BCUT2D eigenvalue weighted by Gasteiger charge is -2.37. The summed E-state index contributed by atoms with van der Waals surface area (Å²) in [4.78, 5) is 24.9. The second-order valence-electron chi connectivity index (χ2n) is 5.26. The van der Waals surface area contributed by atoms with E-state index in [2.05, 4.69) is 5.32 Å². The van der Waals surface area contributed by atoms with Crippen LogP contribution in [-0.2, 0) is 15.8 Å². The largest absolute Gasteiger partial charge is 0.416 e. The van der Waals surface area contributed by atoms with E-state index < -0.39 is 29.1 Å². The highest BCUT2D eigenvalue weighted by Crippen LogP contribution is 2.35. The molecular weight excluding hydrogens is 309 g/mol. The lowest BCUT2D eigenvalue weighted by atomic mass is 9.99. The molecule has 1 aliphatic rings. The van der Waals surface area contributed by atoms with Crippen molar-refractivity contribution in [3.8, 4) is 0 Å². The molecule has 0 aromatic heterocycles. The Balaban J connectivity index is 2.48. The minimum Gasteiger partial charge on any atom is -0.341 e. The molecule has 1 saturated heterocycles. The van der Waals surface area contributed by atoms with Gasteiger partial charge in [0.15, 0.2) is 0 Å². The average molecular weight is 321 g/mol. The number of alkyl halides is 3. The first-order valence-corrected chi connectivity index (χ1v) is 6.39. The Bertz CT molecular complexity index is 614. The molecule has 114 valence electrons. The number of hydrogen-bond acceptors (Lipinski definition) is 2. The minimum atomic E-state index is -4.59. The molecule has 0 radical (unpaired) electrons. The molecule has 0 unspecified atom stereocenters. The third-order valence-electron chi connectivity index (χ3n) is 3.06. The Morgan fingerprint density at radius 1 is 1.24 bits per heavy atom.